The molecule has 0 unspecified atom stereocenters. The quantitative estimate of drug-likeness (QED) is 0.830. The second-order valence-corrected chi connectivity index (χ2v) is 2.99. The second kappa shape index (κ2) is 4.14. The summed E-state index contributed by atoms with van der Waals surface area (Å²) in [6.07, 6.45) is 1.31. The van der Waals surface area contributed by atoms with Gasteiger partial charge in [-0.25, -0.2) is 4.98 Å². The molecular formula is C11H11NO3. The Morgan fingerprint density at radius 3 is 2.93 bits per heavy atom. The molecule has 0 bridgehead atoms. The van der Waals surface area contributed by atoms with Gasteiger partial charge in [-0.15, -0.1) is 0 Å². The fraction of sp³-hybridized carbons (Fsp3) is 0.182. The first-order valence-electron chi connectivity index (χ1n) is 4.53. The van der Waals surface area contributed by atoms with Gasteiger partial charge < -0.3 is 14.3 Å². The summed E-state index contributed by atoms with van der Waals surface area (Å²) in [5.41, 5.74) is 1.31. The zero-order valence-electron chi connectivity index (χ0n) is 8.30. The summed E-state index contributed by atoms with van der Waals surface area (Å²) in [6.45, 7) is -0.149. The molecule has 0 amide bonds. The molecule has 1 aromatic heterocycles. The standard InChI is InChI=1S/C11H11NO3/c1-14-10-5-3-2-4-8(10)11-9(6-13)12-7-15-11/h2-5,7,13H,6H2,1H3. The van der Waals surface area contributed by atoms with Crippen molar-refractivity contribution < 1.29 is 14.3 Å². The molecule has 78 valence electrons. The van der Waals surface area contributed by atoms with E-state index in [1.807, 2.05) is 24.3 Å². The van der Waals surface area contributed by atoms with E-state index in [2.05, 4.69) is 4.98 Å². The number of aromatic nitrogens is 1. The minimum atomic E-state index is -0.149. The molecule has 4 nitrogen and oxygen atoms in total. The number of hydrogen-bond acceptors (Lipinski definition) is 4. The Kier molecular flexibility index (Phi) is 2.69. The lowest BCUT2D eigenvalue weighted by atomic mass is 10.1. The van der Waals surface area contributed by atoms with Gasteiger partial charge in [0.2, 0.25) is 0 Å². The smallest absolute Gasteiger partial charge is 0.181 e. The Balaban J connectivity index is 2.53. The van der Waals surface area contributed by atoms with Crippen LogP contribution in [0.25, 0.3) is 11.3 Å². The summed E-state index contributed by atoms with van der Waals surface area (Å²) < 4.78 is 10.4. The van der Waals surface area contributed by atoms with Crippen molar-refractivity contribution >= 4 is 0 Å². The number of para-hydroxylation sites is 1. The van der Waals surface area contributed by atoms with Crippen LogP contribution >= 0.6 is 0 Å². The minimum absolute atomic E-state index is 0.149. The first-order chi connectivity index (χ1) is 7.36. The van der Waals surface area contributed by atoms with Gasteiger partial charge in [-0.1, -0.05) is 12.1 Å². The SMILES string of the molecule is COc1ccccc1-c1ocnc1CO. The molecule has 0 saturated carbocycles. The lowest BCUT2D eigenvalue weighted by molar-refractivity contribution is 0.277. The lowest BCUT2D eigenvalue weighted by Gasteiger charge is -2.05. The molecule has 1 heterocycles. The molecular weight excluding hydrogens is 194 g/mol. The summed E-state index contributed by atoms with van der Waals surface area (Å²) in [7, 11) is 1.59. The van der Waals surface area contributed by atoms with Crippen LogP contribution in [0.5, 0.6) is 5.75 Å². The second-order valence-electron chi connectivity index (χ2n) is 2.99. The number of methoxy groups -OCH3 is 1. The van der Waals surface area contributed by atoms with Gasteiger partial charge in [-0.3, -0.25) is 0 Å². The van der Waals surface area contributed by atoms with Crippen LogP contribution in [-0.4, -0.2) is 17.2 Å². The van der Waals surface area contributed by atoms with Crippen LogP contribution in [0.4, 0.5) is 0 Å². The number of aliphatic hydroxyl groups is 1. The fourth-order valence-electron chi connectivity index (χ4n) is 1.43. The Bertz CT molecular complexity index is 451. The van der Waals surface area contributed by atoms with Crippen molar-refractivity contribution in [2.24, 2.45) is 0 Å². The third-order valence-electron chi connectivity index (χ3n) is 2.14. The van der Waals surface area contributed by atoms with E-state index < -0.39 is 0 Å². The first kappa shape index (κ1) is 9.73. The zero-order valence-corrected chi connectivity index (χ0v) is 8.30. The number of rotatable bonds is 3. The van der Waals surface area contributed by atoms with Crippen molar-refractivity contribution in [1.82, 2.24) is 4.98 Å². The van der Waals surface area contributed by atoms with Gasteiger partial charge in [-0.05, 0) is 12.1 Å². The van der Waals surface area contributed by atoms with Crippen molar-refractivity contribution in [1.29, 1.82) is 0 Å². The van der Waals surface area contributed by atoms with E-state index in [9.17, 15) is 0 Å². The van der Waals surface area contributed by atoms with Crippen molar-refractivity contribution in [3.8, 4) is 17.1 Å². The van der Waals surface area contributed by atoms with Gasteiger partial charge in [0.05, 0.1) is 19.3 Å². The maximum absolute atomic E-state index is 9.07. The van der Waals surface area contributed by atoms with Crippen LogP contribution in [-0.2, 0) is 6.61 Å². The summed E-state index contributed by atoms with van der Waals surface area (Å²) in [6, 6.07) is 7.44. The van der Waals surface area contributed by atoms with Gasteiger partial charge in [0.25, 0.3) is 0 Å². The van der Waals surface area contributed by atoms with Crippen LogP contribution in [0.3, 0.4) is 0 Å². The number of nitrogens with zero attached hydrogens (tertiary/aromatic N) is 1. The maximum Gasteiger partial charge on any atom is 0.181 e. The predicted molar refractivity (Wildman–Crippen MR) is 54.4 cm³/mol. The molecule has 0 radical (unpaired) electrons. The Labute approximate surface area is 87.1 Å². The van der Waals surface area contributed by atoms with Crippen molar-refractivity contribution in [3.63, 3.8) is 0 Å². The maximum atomic E-state index is 9.07. The van der Waals surface area contributed by atoms with E-state index in [1.54, 1.807) is 7.11 Å². The number of ether oxygens (including phenoxy) is 1. The molecule has 2 aromatic rings. The van der Waals surface area contributed by atoms with E-state index in [1.165, 1.54) is 6.39 Å². The molecule has 15 heavy (non-hydrogen) atoms. The molecule has 0 saturated heterocycles. The van der Waals surface area contributed by atoms with Gasteiger partial charge >= 0.3 is 0 Å². The molecule has 2 rings (SSSR count). The molecule has 4 heteroatoms. The summed E-state index contributed by atoms with van der Waals surface area (Å²) in [5, 5.41) is 9.07. The highest BCUT2D eigenvalue weighted by molar-refractivity contribution is 5.67. The highest BCUT2D eigenvalue weighted by Crippen LogP contribution is 2.31. The number of oxazole rings is 1. The van der Waals surface area contributed by atoms with E-state index in [0.717, 1.165) is 5.56 Å². The van der Waals surface area contributed by atoms with Gasteiger partial charge in [0.15, 0.2) is 12.2 Å². The Hall–Kier alpha value is -1.81. The van der Waals surface area contributed by atoms with E-state index in [-0.39, 0.29) is 6.61 Å². The lowest BCUT2D eigenvalue weighted by Crippen LogP contribution is -1.90. The number of benzene rings is 1. The van der Waals surface area contributed by atoms with Crippen LogP contribution in [0.15, 0.2) is 35.1 Å². The summed E-state index contributed by atoms with van der Waals surface area (Å²) in [5.74, 6) is 1.25. The van der Waals surface area contributed by atoms with Crippen LogP contribution in [0.2, 0.25) is 0 Å². The Morgan fingerprint density at radius 2 is 2.20 bits per heavy atom. The molecule has 0 aliphatic carbocycles. The van der Waals surface area contributed by atoms with Gasteiger partial charge in [0.1, 0.15) is 11.4 Å². The van der Waals surface area contributed by atoms with Crippen LogP contribution in [0.1, 0.15) is 5.69 Å². The molecule has 1 N–H and O–H groups in total. The molecule has 0 fully saturated rings. The topological polar surface area (TPSA) is 55.5 Å². The fourth-order valence-corrected chi connectivity index (χ4v) is 1.43. The van der Waals surface area contributed by atoms with Crippen molar-refractivity contribution in [2.45, 2.75) is 6.61 Å². The molecule has 0 aliphatic heterocycles. The third kappa shape index (κ3) is 1.71. The van der Waals surface area contributed by atoms with E-state index in [4.69, 9.17) is 14.3 Å². The molecule has 1 aromatic carbocycles. The zero-order chi connectivity index (χ0) is 10.7. The van der Waals surface area contributed by atoms with E-state index >= 15 is 0 Å². The molecule has 0 spiro atoms. The monoisotopic (exact) mass is 205 g/mol. The summed E-state index contributed by atoms with van der Waals surface area (Å²) >= 11 is 0. The normalized spacial score (nSPS) is 10.3. The third-order valence-corrected chi connectivity index (χ3v) is 2.14. The first-order valence-corrected chi connectivity index (χ1v) is 4.53. The average Bonchev–Trinajstić information content (AvgIpc) is 2.76. The highest BCUT2D eigenvalue weighted by Gasteiger charge is 2.13. The minimum Gasteiger partial charge on any atom is -0.496 e. The molecule has 0 aliphatic rings. The highest BCUT2D eigenvalue weighted by atomic mass is 16.5. The van der Waals surface area contributed by atoms with Gasteiger partial charge in [-0.2, -0.15) is 0 Å². The van der Waals surface area contributed by atoms with Crippen molar-refractivity contribution in [2.75, 3.05) is 7.11 Å². The van der Waals surface area contributed by atoms with Crippen molar-refractivity contribution in [3.05, 3.63) is 36.4 Å². The van der Waals surface area contributed by atoms with E-state index in [0.29, 0.717) is 17.2 Å². The predicted octanol–water partition coefficient (Wildman–Crippen LogP) is 1.84. The van der Waals surface area contributed by atoms with Gasteiger partial charge in [0, 0.05) is 0 Å². The average molecular weight is 205 g/mol. The summed E-state index contributed by atoms with van der Waals surface area (Å²) in [4.78, 5) is 3.91. The Morgan fingerprint density at radius 1 is 1.40 bits per heavy atom. The molecule has 0 atom stereocenters. The van der Waals surface area contributed by atoms with Crippen LogP contribution in [0, 0.1) is 0 Å². The number of aliphatic hydroxyl groups excluding tert-OH is 1. The number of hydrogen-bond donors (Lipinski definition) is 1. The largest absolute Gasteiger partial charge is 0.496 e. The van der Waals surface area contributed by atoms with Crippen LogP contribution < -0.4 is 4.74 Å².